The van der Waals surface area contributed by atoms with E-state index < -0.39 is 0 Å². The van der Waals surface area contributed by atoms with Crippen LogP contribution in [0.5, 0.6) is 0 Å². The van der Waals surface area contributed by atoms with E-state index in [0.717, 1.165) is 23.6 Å². The van der Waals surface area contributed by atoms with E-state index in [1.807, 2.05) is 23.9 Å². The van der Waals surface area contributed by atoms with Crippen LogP contribution in [-0.4, -0.2) is 17.0 Å². The first-order valence-electron chi connectivity index (χ1n) is 5.08. The summed E-state index contributed by atoms with van der Waals surface area (Å²) in [6.07, 6.45) is 0.933. The fourth-order valence-corrected chi connectivity index (χ4v) is 3.05. The van der Waals surface area contributed by atoms with Crippen molar-refractivity contribution in [3.05, 3.63) is 29.8 Å². The second-order valence-electron chi connectivity index (χ2n) is 3.99. The van der Waals surface area contributed by atoms with Crippen molar-refractivity contribution in [3.8, 4) is 6.07 Å². The maximum atomic E-state index is 9.22. The van der Waals surface area contributed by atoms with Crippen molar-refractivity contribution in [2.24, 2.45) is 0 Å². The van der Waals surface area contributed by atoms with Crippen LogP contribution in [0.4, 0.5) is 5.69 Å². The Kier molecular flexibility index (Phi) is 2.88. The Morgan fingerprint density at radius 1 is 1.53 bits per heavy atom. The lowest BCUT2D eigenvalue weighted by atomic mass is 10.0. The number of nitriles is 1. The van der Waals surface area contributed by atoms with Crippen LogP contribution >= 0.6 is 11.8 Å². The molecule has 0 spiro atoms. The van der Waals surface area contributed by atoms with Gasteiger partial charge in [-0.3, -0.25) is 0 Å². The molecule has 1 aromatic rings. The number of anilines is 1. The first-order chi connectivity index (χ1) is 7.24. The van der Waals surface area contributed by atoms with Gasteiger partial charge in [0.2, 0.25) is 0 Å². The minimum atomic E-state index is -0.349. The number of nitrogens with one attached hydrogen (secondary N) is 1. The molecule has 0 aliphatic carbocycles. The van der Waals surface area contributed by atoms with Crippen LogP contribution in [0, 0.1) is 18.3 Å². The van der Waals surface area contributed by atoms with Gasteiger partial charge < -0.3 is 5.32 Å². The highest BCUT2D eigenvalue weighted by Crippen LogP contribution is 2.30. The average molecular weight is 218 g/mol. The minimum Gasteiger partial charge on any atom is -0.367 e. The maximum Gasteiger partial charge on any atom is 0.135 e. The zero-order chi connectivity index (χ0) is 10.7. The number of aryl methyl sites for hydroxylation is 1. The summed E-state index contributed by atoms with van der Waals surface area (Å²) >= 11 is 1.84. The van der Waals surface area contributed by atoms with E-state index in [0.29, 0.717) is 0 Å². The molecule has 1 N–H and O–H groups in total. The standard InChI is InChI=1S/C12H14N2S/c1-10-3-2-4-11(7-10)14-12(8-13)5-6-15-9-12/h2-4,7,14H,5-6,9H2,1H3. The van der Waals surface area contributed by atoms with Crippen LogP contribution in [-0.2, 0) is 0 Å². The van der Waals surface area contributed by atoms with Gasteiger partial charge in [0, 0.05) is 11.4 Å². The van der Waals surface area contributed by atoms with E-state index >= 15 is 0 Å². The monoisotopic (exact) mass is 218 g/mol. The van der Waals surface area contributed by atoms with Crippen molar-refractivity contribution >= 4 is 17.4 Å². The Morgan fingerprint density at radius 3 is 3.00 bits per heavy atom. The topological polar surface area (TPSA) is 35.8 Å². The summed E-state index contributed by atoms with van der Waals surface area (Å²) < 4.78 is 0. The fourth-order valence-electron chi connectivity index (χ4n) is 1.78. The largest absolute Gasteiger partial charge is 0.367 e. The third kappa shape index (κ3) is 2.27. The molecular weight excluding hydrogens is 204 g/mol. The van der Waals surface area contributed by atoms with Crippen molar-refractivity contribution in [3.63, 3.8) is 0 Å². The molecule has 0 amide bonds. The molecule has 15 heavy (non-hydrogen) atoms. The number of thioether (sulfide) groups is 1. The maximum absolute atomic E-state index is 9.22. The van der Waals surface area contributed by atoms with Crippen molar-refractivity contribution < 1.29 is 0 Å². The normalized spacial score (nSPS) is 24.8. The molecule has 0 saturated carbocycles. The predicted molar refractivity (Wildman–Crippen MR) is 65.1 cm³/mol. The van der Waals surface area contributed by atoms with Crippen molar-refractivity contribution in [1.82, 2.24) is 0 Å². The van der Waals surface area contributed by atoms with Crippen molar-refractivity contribution in [2.75, 3.05) is 16.8 Å². The molecule has 2 rings (SSSR count). The Hall–Kier alpha value is -1.14. The third-order valence-corrected chi connectivity index (χ3v) is 3.83. The van der Waals surface area contributed by atoms with E-state index in [2.05, 4.69) is 30.4 Å². The second kappa shape index (κ2) is 4.16. The van der Waals surface area contributed by atoms with Crippen LogP contribution in [0.2, 0.25) is 0 Å². The van der Waals surface area contributed by atoms with Gasteiger partial charge in [-0.1, -0.05) is 12.1 Å². The summed E-state index contributed by atoms with van der Waals surface area (Å²) in [4.78, 5) is 0. The third-order valence-electron chi connectivity index (χ3n) is 2.64. The quantitative estimate of drug-likeness (QED) is 0.829. The molecule has 0 bridgehead atoms. The van der Waals surface area contributed by atoms with Gasteiger partial charge in [0.15, 0.2) is 0 Å². The van der Waals surface area contributed by atoms with Crippen molar-refractivity contribution in [1.29, 1.82) is 5.26 Å². The SMILES string of the molecule is Cc1cccc(NC2(C#N)CCSC2)c1. The lowest BCUT2D eigenvalue weighted by molar-refractivity contribution is 0.666. The average Bonchev–Trinajstić information content (AvgIpc) is 2.67. The van der Waals surface area contributed by atoms with Crippen LogP contribution in [0.1, 0.15) is 12.0 Å². The van der Waals surface area contributed by atoms with E-state index in [4.69, 9.17) is 0 Å². The summed E-state index contributed by atoms with van der Waals surface area (Å²) in [5.74, 6) is 1.96. The highest BCUT2D eigenvalue weighted by atomic mass is 32.2. The number of benzene rings is 1. The number of nitrogens with zero attached hydrogens (tertiary/aromatic N) is 1. The van der Waals surface area contributed by atoms with Gasteiger partial charge in [-0.05, 0) is 36.8 Å². The molecular formula is C12H14N2S. The van der Waals surface area contributed by atoms with Gasteiger partial charge in [-0.15, -0.1) is 0 Å². The molecule has 0 radical (unpaired) electrons. The van der Waals surface area contributed by atoms with Crippen LogP contribution in [0.3, 0.4) is 0 Å². The Bertz CT molecular complexity index is 389. The van der Waals surface area contributed by atoms with Crippen molar-refractivity contribution in [2.45, 2.75) is 18.9 Å². The highest BCUT2D eigenvalue weighted by molar-refractivity contribution is 7.99. The molecule has 1 fully saturated rings. The Labute approximate surface area is 94.7 Å². The molecule has 1 aliphatic rings. The molecule has 1 atom stereocenters. The zero-order valence-electron chi connectivity index (χ0n) is 8.79. The van der Waals surface area contributed by atoms with Gasteiger partial charge in [0.05, 0.1) is 6.07 Å². The smallest absolute Gasteiger partial charge is 0.135 e. The lowest BCUT2D eigenvalue weighted by Gasteiger charge is -2.22. The lowest BCUT2D eigenvalue weighted by Crippen LogP contribution is -2.36. The molecule has 3 heteroatoms. The molecule has 2 nitrogen and oxygen atoms in total. The van der Waals surface area contributed by atoms with Gasteiger partial charge in [-0.2, -0.15) is 17.0 Å². The summed E-state index contributed by atoms with van der Waals surface area (Å²) in [6, 6.07) is 10.6. The molecule has 1 aromatic carbocycles. The minimum absolute atomic E-state index is 0.349. The van der Waals surface area contributed by atoms with E-state index in [9.17, 15) is 5.26 Å². The van der Waals surface area contributed by atoms with Gasteiger partial charge >= 0.3 is 0 Å². The second-order valence-corrected chi connectivity index (χ2v) is 5.10. The van der Waals surface area contributed by atoms with Crippen LogP contribution in [0.15, 0.2) is 24.3 Å². The van der Waals surface area contributed by atoms with Crippen LogP contribution < -0.4 is 5.32 Å². The van der Waals surface area contributed by atoms with E-state index in [-0.39, 0.29) is 5.54 Å². The van der Waals surface area contributed by atoms with E-state index in [1.165, 1.54) is 5.56 Å². The molecule has 1 saturated heterocycles. The fraction of sp³-hybridized carbons (Fsp3) is 0.417. The highest BCUT2D eigenvalue weighted by Gasteiger charge is 2.34. The molecule has 1 aliphatic heterocycles. The predicted octanol–water partition coefficient (Wildman–Crippen LogP) is 2.81. The van der Waals surface area contributed by atoms with Gasteiger partial charge in [-0.25, -0.2) is 0 Å². The van der Waals surface area contributed by atoms with Gasteiger partial charge in [0.25, 0.3) is 0 Å². The number of rotatable bonds is 2. The summed E-state index contributed by atoms with van der Waals surface area (Å²) in [7, 11) is 0. The molecule has 0 aromatic heterocycles. The summed E-state index contributed by atoms with van der Waals surface area (Å²) in [6.45, 7) is 2.06. The number of hydrogen-bond donors (Lipinski definition) is 1. The molecule has 78 valence electrons. The Morgan fingerprint density at radius 2 is 2.40 bits per heavy atom. The molecule has 1 unspecified atom stereocenters. The first kappa shape index (κ1) is 10.4. The zero-order valence-corrected chi connectivity index (χ0v) is 9.60. The number of hydrogen-bond acceptors (Lipinski definition) is 3. The Balaban J connectivity index is 2.17. The van der Waals surface area contributed by atoms with E-state index in [1.54, 1.807) is 0 Å². The van der Waals surface area contributed by atoms with Crippen LogP contribution in [0.25, 0.3) is 0 Å². The first-order valence-corrected chi connectivity index (χ1v) is 6.23. The molecule has 1 heterocycles. The van der Waals surface area contributed by atoms with Gasteiger partial charge in [0.1, 0.15) is 5.54 Å². The summed E-state index contributed by atoms with van der Waals surface area (Å²) in [5, 5.41) is 12.6. The summed E-state index contributed by atoms with van der Waals surface area (Å²) in [5.41, 5.74) is 1.93.